The van der Waals surface area contributed by atoms with Gasteiger partial charge in [0.05, 0.1) is 22.5 Å². The van der Waals surface area contributed by atoms with E-state index in [0.717, 1.165) is 0 Å². The highest BCUT2D eigenvalue weighted by atomic mass is 16.4. The molecule has 0 atom stereocenters. The van der Waals surface area contributed by atoms with E-state index in [2.05, 4.69) is 10.1 Å². The third-order valence-corrected chi connectivity index (χ3v) is 4.72. The Labute approximate surface area is 172 Å². The molecule has 0 unspecified atom stereocenters. The zero-order valence-electron chi connectivity index (χ0n) is 16.0. The van der Waals surface area contributed by atoms with Crippen molar-refractivity contribution in [3.8, 4) is 0 Å². The number of benzene rings is 2. The van der Waals surface area contributed by atoms with Gasteiger partial charge in [-0.05, 0) is 43.3 Å². The first-order chi connectivity index (χ1) is 14.4. The van der Waals surface area contributed by atoms with E-state index in [1.165, 1.54) is 29.3 Å². The second-order valence-corrected chi connectivity index (χ2v) is 6.75. The molecule has 0 aliphatic carbocycles. The molecule has 0 fully saturated rings. The van der Waals surface area contributed by atoms with Gasteiger partial charge in [0.25, 0.3) is 5.91 Å². The van der Waals surface area contributed by atoms with Crippen molar-refractivity contribution in [1.82, 2.24) is 4.98 Å². The van der Waals surface area contributed by atoms with Crippen LogP contribution in [-0.4, -0.2) is 33.5 Å². The number of carboxylic acids is 1. The van der Waals surface area contributed by atoms with Crippen LogP contribution in [0.2, 0.25) is 0 Å². The molecule has 148 valence electrons. The Hall–Kier alpha value is -4.26. The van der Waals surface area contributed by atoms with Crippen LogP contribution < -0.4 is 5.01 Å². The number of aromatic amines is 1. The van der Waals surface area contributed by atoms with Crippen LogP contribution in [0.3, 0.4) is 0 Å². The predicted molar refractivity (Wildman–Crippen MR) is 113 cm³/mol. The van der Waals surface area contributed by atoms with Gasteiger partial charge in [0.15, 0.2) is 5.78 Å². The largest absolute Gasteiger partial charge is 0.478 e. The molecule has 4 rings (SSSR count). The molecule has 1 aliphatic heterocycles. The number of hydrogen-bond donors (Lipinski definition) is 2. The summed E-state index contributed by atoms with van der Waals surface area (Å²) in [5, 5.41) is 14.5. The summed E-state index contributed by atoms with van der Waals surface area (Å²) >= 11 is 0. The fourth-order valence-electron chi connectivity index (χ4n) is 3.14. The number of hydrazone groups is 1. The lowest BCUT2D eigenvalue weighted by molar-refractivity contribution is -0.114. The maximum atomic E-state index is 12.8. The van der Waals surface area contributed by atoms with Crippen molar-refractivity contribution >= 4 is 35.1 Å². The van der Waals surface area contributed by atoms with Gasteiger partial charge in [0.2, 0.25) is 0 Å². The van der Waals surface area contributed by atoms with E-state index in [4.69, 9.17) is 5.11 Å². The number of carboxylic acid groups (broad SMARTS) is 1. The lowest BCUT2D eigenvalue weighted by atomic mass is 10.1. The summed E-state index contributed by atoms with van der Waals surface area (Å²) in [5.41, 5.74) is 3.19. The van der Waals surface area contributed by atoms with Crippen LogP contribution in [0.15, 0.2) is 77.5 Å². The lowest BCUT2D eigenvalue weighted by Crippen LogP contribution is -2.21. The second-order valence-electron chi connectivity index (χ2n) is 6.75. The van der Waals surface area contributed by atoms with E-state index in [0.29, 0.717) is 33.8 Å². The maximum Gasteiger partial charge on any atom is 0.335 e. The van der Waals surface area contributed by atoms with Crippen LogP contribution >= 0.6 is 0 Å². The number of carbonyl (C=O) groups is 3. The topological polar surface area (TPSA) is 103 Å². The maximum absolute atomic E-state index is 12.8. The molecule has 30 heavy (non-hydrogen) atoms. The van der Waals surface area contributed by atoms with E-state index in [1.54, 1.807) is 49.5 Å². The molecule has 0 bridgehead atoms. The fraction of sp³-hybridized carbons (Fsp3) is 0.0435. The Morgan fingerprint density at radius 2 is 1.70 bits per heavy atom. The summed E-state index contributed by atoms with van der Waals surface area (Å²) in [6.45, 7) is 1.72. The smallest absolute Gasteiger partial charge is 0.335 e. The zero-order chi connectivity index (χ0) is 21.3. The number of rotatable bonds is 5. The first-order valence-electron chi connectivity index (χ1n) is 9.17. The number of H-pyrrole nitrogens is 1. The molecule has 2 N–H and O–H groups in total. The Kier molecular flexibility index (Phi) is 4.85. The Morgan fingerprint density at radius 3 is 2.37 bits per heavy atom. The van der Waals surface area contributed by atoms with Crippen molar-refractivity contribution in [2.24, 2.45) is 5.10 Å². The Balaban J connectivity index is 1.57. The molecule has 1 aromatic heterocycles. The molecule has 7 nitrogen and oxygen atoms in total. The van der Waals surface area contributed by atoms with Crippen LogP contribution in [0.1, 0.15) is 38.9 Å². The van der Waals surface area contributed by atoms with Crippen LogP contribution in [0.25, 0.3) is 6.08 Å². The molecular weight excluding hydrogens is 382 g/mol. The van der Waals surface area contributed by atoms with Gasteiger partial charge in [0, 0.05) is 23.0 Å². The highest BCUT2D eigenvalue weighted by Crippen LogP contribution is 2.25. The number of aromatic carboxylic acids is 1. The average molecular weight is 399 g/mol. The van der Waals surface area contributed by atoms with Crippen molar-refractivity contribution in [2.45, 2.75) is 6.92 Å². The highest BCUT2D eigenvalue weighted by molar-refractivity contribution is 6.32. The average Bonchev–Trinajstić information content (AvgIpc) is 3.34. The van der Waals surface area contributed by atoms with E-state index in [1.807, 2.05) is 6.07 Å². The Bertz CT molecular complexity index is 1200. The van der Waals surface area contributed by atoms with Gasteiger partial charge in [-0.2, -0.15) is 10.1 Å². The molecule has 0 spiro atoms. The first kappa shape index (κ1) is 19.1. The molecular formula is C23H17N3O4. The fourth-order valence-corrected chi connectivity index (χ4v) is 3.14. The number of ketones is 1. The molecule has 2 aromatic carbocycles. The summed E-state index contributed by atoms with van der Waals surface area (Å²) in [5.74, 6) is -1.48. The third kappa shape index (κ3) is 3.56. The third-order valence-electron chi connectivity index (χ3n) is 4.72. The SMILES string of the molecule is CC1=NN(c2ccc(C(=O)O)cc2)C(=O)/C1=C\c1cc(C(=O)c2ccccc2)c[nH]1. The number of amides is 1. The quantitative estimate of drug-likeness (QED) is 0.504. The van der Waals surface area contributed by atoms with Crippen LogP contribution in [-0.2, 0) is 4.79 Å². The normalized spacial score (nSPS) is 14.8. The van der Waals surface area contributed by atoms with E-state index in [-0.39, 0.29) is 17.3 Å². The number of nitrogens with zero attached hydrogens (tertiary/aromatic N) is 2. The van der Waals surface area contributed by atoms with Gasteiger partial charge < -0.3 is 10.1 Å². The first-order valence-corrected chi connectivity index (χ1v) is 9.17. The van der Waals surface area contributed by atoms with Crippen LogP contribution in [0.5, 0.6) is 0 Å². The number of nitrogens with one attached hydrogen (secondary N) is 1. The van der Waals surface area contributed by atoms with Crippen LogP contribution in [0, 0.1) is 0 Å². The molecule has 0 saturated heterocycles. The van der Waals surface area contributed by atoms with Gasteiger partial charge >= 0.3 is 5.97 Å². The van der Waals surface area contributed by atoms with E-state index < -0.39 is 5.97 Å². The van der Waals surface area contributed by atoms with E-state index >= 15 is 0 Å². The molecule has 1 aliphatic rings. The summed E-state index contributed by atoms with van der Waals surface area (Å²) < 4.78 is 0. The highest BCUT2D eigenvalue weighted by Gasteiger charge is 2.29. The molecule has 1 amide bonds. The minimum absolute atomic E-state index is 0.111. The van der Waals surface area contributed by atoms with Gasteiger partial charge in [-0.25, -0.2) is 4.79 Å². The van der Waals surface area contributed by atoms with Gasteiger partial charge in [-0.15, -0.1) is 0 Å². The molecule has 0 radical (unpaired) electrons. The predicted octanol–water partition coefficient (Wildman–Crippen LogP) is 3.75. The van der Waals surface area contributed by atoms with Crippen LogP contribution in [0.4, 0.5) is 5.69 Å². The summed E-state index contributed by atoms with van der Waals surface area (Å²) in [4.78, 5) is 39.4. The van der Waals surface area contributed by atoms with Gasteiger partial charge in [-0.3, -0.25) is 9.59 Å². The monoisotopic (exact) mass is 399 g/mol. The number of anilines is 1. The summed E-state index contributed by atoms with van der Waals surface area (Å²) in [6, 6.07) is 16.5. The van der Waals surface area contributed by atoms with Gasteiger partial charge in [0.1, 0.15) is 0 Å². The molecule has 2 heterocycles. The minimum Gasteiger partial charge on any atom is -0.478 e. The zero-order valence-corrected chi connectivity index (χ0v) is 16.0. The van der Waals surface area contributed by atoms with Crippen molar-refractivity contribution in [2.75, 3.05) is 5.01 Å². The Morgan fingerprint density at radius 1 is 1.00 bits per heavy atom. The summed E-state index contributed by atoms with van der Waals surface area (Å²) in [7, 11) is 0. The summed E-state index contributed by atoms with van der Waals surface area (Å²) in [6.07, 6.45) is 3.25. The lowest BCUT2D eigenvalue weighted by Gasteiger charge is -2.11. The van der Waals surface area contributed by atoms with Crippen molar-refractivity contribution in [3.05, 3.63) is 94.8 Å². The number of aromatic nitrogens is 1. The second kappa shape index (κ2) is 7.63. The molecule has 3 aromatic rings. The standard InChI is InChI=1S/C23H17N3O4/c1-14-20(22(28)26(25-14)19-9-7-16(8-10-19)23(29)30)12-18-11-17(13-24-18)21(27)15-5-3-2-4-6-15/h2-13,24H,1H3,(H,29,30)/b20-12-. The van der Waals surface area contributed by atoms with Gasteiger partial charge in [-0.1, -0.05) is 30.3 Å². The van der Waals surface area contributed by atoms with Crippen molar-refractivity contribution in [3.63, 3.8) is 0 Å². The minimum atomic E-state index is -1.04. The van der Waals surface area contributed by atoms with Crippen molar-refractivity contribution < 1.29 is 19.5 Å². The molecule has 7 heteroatoms. The number of hydrogen-bond acceptors (Lipinski definition) is 4. The van der Waals surface area contributed by atoms with E-state index in [9.17, 15) is 14.4 Å². The molecule has 0 saturated carbocycles. The number of carbonyl (C=O) groups excluding carboxylic acids is 2. The van der Waals surface area contributed by atoms with Crippen molar-refractivity contribution in [1.29, 1.82) is 0 Å².